The fraction of sp³-hybridized carbons (Fsp3) is 0.700. The van der Waals surface area contributed by atoms with Gasteiger partial charge in [-0.2, -0.15) is 0 Å². The Morgan fingerprint density at radius 3 is 2.69 bits per heavy atom. The fourth-order valence-electron chi connectivity index (χ4n) is 1.03. The van der Waals surface area contributed by atoms with Crippen LogP contribution in [-0.4, -0.2) is 24.3 Å². The molecule has 0 rings (SSSR count). The molecule has 0 aromatic rings. The maximum absolute atomic E-state index is 11.1. The van der Waals surface area contributed by atoms with Gasteiger partial charge in [-0.25, -0.2) is 4.79 Å². The minimum absolute atomic E-state index is 0.147. The summed E-state index contributed by atoms with van der Waals surface area (Å²) in [7, 11) is 0. The molecule has 0 aromatic heterocycles. The Hall–Kier alpha value is -0.830. The molecule has 13 heavy (non-hydrogen) atoms. The molecule has 0 aliphatic carbocycles. The molecule has 0 saturated heterocycles. The molecule has 0 aliphatic heterocycles. The average Bonchev–Trinajstić information content (AvgIpc) is 2.05. The molecule has 1 atom stereocenters. The largest absolute Gasteiger partial charge is 0.463 e. The van der Waals surface area contributed by atoms with Gasteiger partial charge in [-0.1, -0.05) is 13.0 Å². The summed E-state index contributed by atoms with van der Waals surface area (Å²) in [4.78, 5) is 11.1. The summed E-state index contributed by atoms with van der Waals surface area (Å²) in [6, 6.07) is 0. The van der Waals surface area contributed by atoms with E-state index in [-0.39, 0.29) is 18.5 Å². The van der Waals surface area contributed by atoms with Gasteiger partial charge >= 0.3 is 5.97 Å². The average molecular weight is 186 g/mol. The second kappa shape index (κ2) is 6.66. The zero-order chi connectivity index (χ0) is 10.3. The number of rotatable bonds is 5. The number of allylic oxidation sites excluding steroid dienone is 1. The van der Waals surface area contributed by atoms with E-state index in [1.54, 1.807) is 13.8 Å². The summed E-state index contributed by atoms with van der Waals surface area (Å²) in [5.74, 6) is -0.0540. The molecule has 3 heteroatoms. The molecule has 0 heterocycles. The van der Waals surface area contributed by atoms with Crippen molar-refractivity contribution in [2.75, 3.05) is 13.2 Å². The van der Waals surface area contributed by atoms with E-state index in [1.807, 2.05) is 13.0 Å². The lowest BCUT2D eigenvalue weighted by atomic mass is 10.1. The molecule has 1 N–H and O–H groups in total. The molecule has 0 spiro atoms. The number of aliphatic hydroxyl groups is 1. The minimum atomic E-state index is -0.271. The number of carbonyl (C=O) groups is 1. The Kier molecular flexibility index (Phi) is 6.24. The van der Waals surface area contributed by atoms with Crippen LogP contribution < -0.4 is 0 Å². The van der Waals surface area contributed by atoms with Crippen molar-refractivity contribution in [2.45, 2.75) is 27.2 Å². The number of ether oxygens (including phenoxy) is 1. The van der Waals surface area contributed by atoms with Gasteiger partial charge in [0.15, 0.2) is 0 Å². The summed E-state index contributed by atoms with van der Waals surface area (Å²) in [5, 5.41) is 8.65. The summed E-state index contributed by atoms with van der Waals surface area (Å²) in [6.07, 6.45) is 2.50. The lowest BCUT2D eigenvalue weighted by Gasteiger charge is -2.05. The van der Waals surface area contributed by atoms with Gasteiger partial charge in [-0.15, -0.1) is 0 Å². The third-order valence-corrected chi connectivity index (χ3v) is 1.72. The first kappa shape index (κ1) is 12.2. The Labute approximate surface area is 79.4 Å². The van der Waals surface area contributed by atoms with Gasteiger partial charge in [-0.05, 0) is 26.2 Å². The van der Waals surface area contributed by atoms with Crippen LogP contribution in [0.15, 0.2) is 11.6 Å². The molecule has 0 fully saturated rings. The van der Waals surface area contributed by atoms with Crippen LogP contribution in [0.4, 0.5) is 0 Å². The van der Waals surface area contributed by atoms with Gasteiger partial charge in [0.1, 0.15) is 0 Å². The zero-order valence-corrected chi connectivity index (χ0v) is 8.54. The highest BCUT2D eigenvalue weighted by Crippen LogP contribution is 2.07. The van der Waals surface area contributed by atoms with E-state index in [0.29, 0.717) is 18.6 Å². The molecule has 0 aromatic carbocycles. The highest BCUT2D eigenvalue weighted by Gasteiger charge is 2.06. The normalized spacial score (nSPS) is 14.0. The zero-order valence-electron chi connectivity index (χ0n) is 8.54. The highest BCUT2D eigenvalue weighted by atomic mass is 16.5. The van der Waals surface area contributed by atoms with E-state index in [9.17, 15) is 4.79 Å². The Morgan fingerprint density at radius 2 is 2.23 bits per heavy atom. The van der Waals surface area contributed by atoms with Gasteiger partial charge < -0.3 is 9.84 Å². The van der Waals surface area contributed by atoms with Crippen molar-refractivity contribution in [1.82, 2.24) is 0 Å². The van der Waals surface area contributed by atoms with Crippen LogP contribution in [-0.2, 0) is 9.53 Å². The molecule has 0 saturated carbocycles. The van der Waals surface area contributed by atoms with Crippen LogP contribution in [0.25, 0.3) is 0 Å². The highest BCUT2D eigenvalue weighted by molar-refractivity contribution is 5.87. The van der Waals surface area contributed by atoms with Crippen molar-refractivity contribution < 1.29 is 14.6 Å². The predicted molar refractivity (Wildman–Crippen MR) is 51.3 cm³/mol. The number of esters is 1. The maximum Gasteiger partial charge on any atom is 0.333 e. The van der Waals surface area contributed by atoms with Gasteiger partial charge in [0.25, 0.3) is 0 Å². The first-order valence-corrected chi connectivity index (χ1v) is 4.58. The molecule has 3 nitrogen and oxygen atoms in total. The van der Waals surface area contributed by atoms with Crippen LogP contribution >= 0.6 is 0 Å². The van der Waals surface area contributed by atoms with Gasteiger partial charge in [-0.3, -0.25) is 0 Å². The summed E-state index contributed by atoms with van der Waals surface area (Å²) in [5.41, 5.74) is 0.614. The summed E-state index contributed by atoms with van der Waals surface area (Å²) in [6.45, 7) is 6.01. The minimum Gasteiger partial charge on any atom is -0.463 e. The quantitative estimate of drug-likeness (QED) is 0.523. The van der Waals surface area contributed by atoms with Crippen LogP contribution in [0.5, 0.6) is 0 Å². The van der Waals surface area contributed by atoms with Crippen molar-refractivity contribution in [1.29, 1.82) is 0 Å². The summed E-state index contributed by atoms with van der Waals surface area (Å²) >= 11 is 0. The monoisotopic (exact) mass is 186 g/mol. The van der Waals surface area contributed by atoms with E-state index in [2.05, 4.69) is 0 Å². The van der Waals surface area contributed by atoms with Gasteiger partial charge in [0, 0.05) is 12.2 Å². The molecular weight excluding hydrogens is 168 g/mol. The third-order valence-electron chi connectivity index (χ3n) is 1.72. The molecule has 0 amide bonds. The van der Waals surface area contributed by atoms with Crippen molar-refractivity contribution in [3.8, 4) is 0 Å². The first-order valence-electron chi connectivity index (χ1n) is 4.58. The van der Waals surface area contributed by atoms with Crippen molar-refractivity contribution in [3.63, 3.8) is 0 Å². The number of aliphatic hydroxyl groups excluding tert-OH is 1. The van der Waals surface area contributed by atoms with Crippen molar-refractivity contribution in [2.24, 2.45) is 5.92 Å². The first-order chi connectivity index (χ1) is 6.11. The van der Waals surface area contributed by atoms with E-state index in [0.717, 1.165) is 0 Å². The van der Waals surface area contributed by atoms with E-state index >= 15 is 0 Å². The van der Waals surface area contributed by atoms with Gasteiger partial charge in [0.05, 0.1) is 6.61 Å². The topological polar surface area (TPSA) is 46.5 Å². The fourth-order valence-corrected chi connectivity index (χ4v) is 1.03. The lowest BCUT2D eigenvalue weighted by molar-refractivity contribution is -0.138. The van der Waals surface area contributed by atoms with Crippen LogP contribution in [0.2, 0.25) is 0 Å². The standard InChI is InChI=1S/C10H18O3/c1-4-13-10(12)9(3)7-8(2)5-6-11/h7-8,11H,4-6H2,1-3H3/b9-7+/t8-/m1/s1. The Bertz CT molecular complexity index is 185. The Balaban J connectivity index is 4.06. The predicted octanol–water partition coefficient (Wildman–Crippen LogP) is 1.51. The lowest BCUT2D eigenvalue weighted by Crippen LogP contribution is -2.07. The number of hydrogen-bond acceptors (Lipinski definition) is 3. The van der Waals surface area contributed by atoms with Gasteiger partial charge in [0.2, 0.25) is 0 Å². The maximum atomic E-state index is 11.1. The van der Waals surface area contributed by atoms with Crippen LogP contribution in [0.3, 0.4) is 0 Å². The van der Waals surface area contributed by atoms with Crippen molar-refractivity contribution in [3.05, 3.63) is 11.6 Å². The van der Waals surface area contributed by atoms with Crippen LogP contribution in [0.1, 0.15) is 27.2 Å². The van der Waals surface area contributed by atoms with E-state index in [1.165, 1.54) is 0 Å². The molecule has 0 unspecified atom stereocenters. The van der Waals surface area contributed by atoms with Crippen molar-refractivity contribution >= 4 is 5.97 Å². The molecule has 0 bridgehead atoms. The van der Waals surface area contributed by atoms with E-state index in [4.69, 9.17) is 9.84 Å². The second-order valence-electron chi connectivity index (χ2n) is 3.06. The SMILES string of the molecule is CCOC(=O)/C(C)=C/[C@H](C)CCO. The molecule has 76 valence electrons. The molecule has 0 radical (unpaired) electrons. The summed E-state index contributed by atoms with van der Waals surface area (Å²) < 4.78 is 4.81. The third kappa shape index (κ3) is 5.42. The number of hydrogen-bond donors (Lipinski definition) is 1. The Morgan fingerprint density at radius 1 is 1.62 bits per heavy atom. The smallest absolute Gasteiger partial charge is 0.333 e. The molecule has 0 aliphatic rings. The van der Waals surface area contributed by atoms with Crippen LogP contribution in [0, 0.1) is 5.92 Å². The second-order valence-corrected chi connectivity index (χ2v) is 3.06. The number of carbonyl (C=O) groups excluding carboxylic acids is 1. The van der Waals surface area contributed by atoms with E-state index < -0.39 is 0 Å². The molecular formula is C10H18O3.